The van der Waals surface area contributed by atoms with Crippen molar-refractivity contribution in [2.24, 2.45) is 0 Å². The van der Waals surface area contributed by atoms with Gasteiger partial charge in [-0.15, -0.1) is 0 Å². The molecule has 0 unspecified atom stereocenters. The van der Waals surface area contributed by atoms with Crippen LogP contribution in [0.4, 0.5) is 5.69 Å². The largest absolute Gasteiger partial charge is 0.462 e. The fourth-order valence-electron chi connectivity index (χ4n) is 3.94. The Morgan fingerprint density at radius 2 is 1.74 bits per heavy atom. The highest BCUT2D eigenvalue weighted by molar-refractivity contribution is 6.31. The van der Waals surface area contributed by atoms with Crippen molar-refractivity contribution in [1.82, 2.24) is 4.57 Å². The fourth-order valence-corrected chi connectivity index (χ4v) is 4.24. The number of esters is 1. The number of hydrogen-bond acceptors (Lipinski definition) is 3. The van der Waals surface area contributed by atoms with Crippen LogP contribution in [0.1, 0.15) is 46.2 Å². The first kappa shape index (κ1) is 21.5. The third-order valence-electron chi connectivity index (χ3n) is 5.35. The molecular weight excluding hydrogens is 435 g/mol. The Bertz CT molecular complexity index is 1140. The van der Waals surface area contributed by atoms with Crippen LogP contribution in [-0.2, 0) is 17.7 Å². The summed E-state index contributed by atoms with van der Waals surface area (Å²) in [7, 11) is 0. The second kappa shape index (κ2) is 9.16. The molecule has 3 aromatic rings. The molecule has 5 nitrogen and oxygen atoms in total. The lowest BCUT2D eigenvalue weighted by molar-refractivity contribution is 0.0527. The summed E-state index contributed by atoms with van der Waals surface area (Å²) in [6.45, 7) is 2.82. The normalized spacial score (nSPS) is 12.9. The van der Waals surface area contributed by atoms with Gasteiger partial charge in [-0.3, -0.25) is 4.79 Å². The predicted octanol–water partition coefficient (Wildman–Crippen LogP) is 6.23. The highest BCUT2D eigenvalue weighted by Gasteiger charge is 2.26. The maximum absolute atomic E-state index is 13.1. The monoisotopic (exact) mass is 456 g/mol. The van der Waals surface area contributed by atoms with E-state index in [4.69, 9.17) is 27.9 Å². The van der Waals surface area contributed by atoms with E-state index in [0.29, 0.717) is 32.4 Å². The lowest BCUT2D eigenvalue weighted by Crippen LogP contribution is -2.17. The molecule has 0 atom stereocenters. The van der Waals surface area contributed by atoms with Crippen molar-refractivity contribution in [3.63, 3.8) is 0 Å². The molecule has 1 N–H and O–H groups in total. The molecule has 0 saturated heterocycles. The summed E-state index contributed by atoms with van der Waals surface area (Å²) < 4.78 is 7.36. The van der Waals surface area contributed by atoms with Crippen LogP contribution in [0, 0.1) is 0 Å². The molecule has 0 spiro atoms. The van der Waals surface area contributed by atoms with Gasteiger partial charge in [0.25, 0.3) is 5.91 Å². The van der Waals surface area contributed by atoms with Crippen LogP contribution >= 0.6 is 23.2 Å². The Hall–Kier alpha value is -2.76. The SMILES string of the molecule is CCOC(=O)c1ccc(Cl)cc1-c1cc(C(=O)Nc2ccc(Cl)cc2)c2n1CCCC2. The number of nitrogens with zero attached hydrogens (tertiary/aromatic N) is 1. The van der Waals surface area contributed by atoms with Crippen molar-refractivity contribution in [1.29, 1.82) is 0 Å². The van der Waals surface area contributed by atoms with Gasteiger partial charge in [0, 0.05) is 39.2 Å². The van der Waals surface area contributed by atoms with Crippen molar-refractivity contribution in [3.05, 3.63) is 75.4 Å². The number of carbonyl (C=O) groups is 2. The van der Waals surface area contributed by atoms with Gasteiger partial charge in [-0.25, -0.2) is 4.79 Å². The number of fused-ring (bicyclic) bond motifs is 1. The topological polar surface area (TPSA) is 60.3 Å². The Balaban J connectivity index is 1.78. The Morgan fingerprint density at radius 3 is 2.48 bits per heavy atom. The van der Waals surface area contributed by atoms with Crippen molar-refractivity contribution >= 4 is 40.8 Å². The van der Waals surface area contributed by atoms with E-state index in [9.17, 15) is 9.59 Å². The van der Waals surface area contributed by atoms with Crippen LogP contribution in [0.2, 0.25) is 10.0 Å². The van der Waals surface area contributed by atoms with Crippen LogP contribution in [0.15, 0.2) is 48.5 Å². The number of ether oxygens (including phenoxy) is 1. The number of amides is 1. The second-order valence-corrected chi connectivity index (χ2v) is 8.24. The maximum Gasteiger partial charge on any atom is 0.338 e. The van der Waals surface area contributed by atoms with E-state index in [-0.39, 0.29) is 12.5 Å². The first-order valence-electron chi connectivity index (χ1n) is 10.2. The maximum atomic E-state index is 13.1. The van der Waals surface area contributed by atoms with E-state index in [2.05, 4.69) is 9.88 Å². The number of halogens is 2. The summed E-state index contributed by atoms with van der Waals surface area (Å²) in [4.78, 5) is 25.7. The number of nitrogens with one attached hydrogen (secondary N) is 1. The van der Waals surface area contributed by atoms with Gasteiger partial charge in [-0.2, -0.15) is 0 Å². The minimum absolute atomic E-state index is 0.195. The van der Waals surface area contributed by atoms with Gasteiger partial charge in [0.2, 0.25) is 0 Å². The smallest absolute Gasteiger partial charge is 0.338 e. The van der Waals surface area contributed by atoms with E-state index in [1.807, 2.05) is 6.07 Å². The van der Waals surface area contributed by atoms with E-state index in [1.54, 1.807) is 49.4 Å². The highest BCUT2D eigenvalue weighted by Crippen LogP contribution is 2.34. The van der Waals surface area contributed by atoms with Gasteiger partial charge in [0.1, 0.15) is 0 Å². The zero-order valence-corrected chi connectivity index (χ0v) is 18.6. The molecule has 1 aromatic heterocycles. The molecule has 7 heteroatoms. The van der Waals surface area contributed by atoms with Gasteiger partial charge >= 0.3 is 5.97 Å². The van der Waals surface area contributed by atoms with E-state index < -0.39 is 5.97 Å². The number of hydrogen-bond donors (Lipinski definition) is 1. The second-order valence-electron chi connectivity index (χ2n) is 7.37. The summed E-state index contributed by atoms with van der Waals surface area (Å²) in [5.41, 5.74) is 4.12. The number of benzene rings is 2. The molecule has 4 rings (SSSR count). The highest BCUT2D eigenvalue weighted by atomic mass is 35.5. The minimum atomic E-state index is -0.410. The Labute approximate surface area is 190 Å². The predicted molar refractivity (Wildman–Crippen MR) is 123 cm³/mol. The Kier molecular flexibility index (Phi) is 6.35. The van der Waals surface area contributed by atoms with Crippen molar-refractivity contribution < 1.29 is 14.3 Å². The molecule has 2 heterocycles. The number of carbonyl (C=O) groups excluding carboxylic acids is 2. The summed E-state index contributed by atoms with van der Waals surface area (Å²) in [5, 5.41) is 4.06. The molecule has 31 heavy (non-hydrogen) atoms. The quantitative estimate of drug-likeness (QED) is 0.463. The van der Waals surface area contributed by atoms with Crippen LogP contribution in [0.5, 0.6) is 0 Å². The van der Waals surface area contributed by atoms with Crippen LogP contribution in [0.3, 0.4) is 0 Å². The lowest BCUT2D eigenvalue weighted by atomic mass is 10.0. The molecule has 0 aliphatic carbocycles. The molecule has 160 valence electrons. The molecule has 0 radical (unpaired) electrons. The Morgan fingerprint density at radius 1 is 1.00 bits per heavy atom. The lowest BCUT2D eigenvalue weighted by Gasteiger charge is -2.20. The molecule has 2 aromatic carbocycles. The summed E-state index contributed by atoms with van der Waals surface area (Å²) in [6, 6.07) is 13.9. The standard InChI is InChI=1S/C24H22Cl2N2O3/c1-2-31-24(30)18-11-8-16(26)13-19(18)22-14-20(21-5-3-4-12-28(21)22)23(29)27-17-9-6-15(25)7-10-17/h6-11,13-14H,2-5,12H2,1H3,(H,27,29). The van der Waals surface area contributed by atoms with Gasteiger partial charge in [0.15, 0.2) is 0 Å². The van der Waals surface area contributed by atoms with Crippen LogP contribution in [0.25, 0.3) is 11.3 Å². The first-order chi connectivity index (χ1) is 15.0. The third-order valence-corrected chi connectivity index (χ3v) is 5.84. The number of rotatable bonds is 5. The number of aromatic nitrogens is 1. The van der Waals surface area contributed by atoms with Crippen molar-refractivity contribution in [3.8, 4) is 11.3 Å². The zero-order chi connectivity index (χ0) is 22.0. The van der Waals surface area contributed by atoms with Crippen molar-refractivity contribution in [2.75, 3.05) is 11.9 Å². The van der Waals surface area contributed by atoms with Crippen molar-refractivity contribution in [2.45, 2.75) is 32.7 Å². The molecular formula is C24H22Cl2N2O3. The minimum Gasteiger partial charge on any atom is -0.462 e. The van der Waals surface area contributed by atoms with Gasteiger partial charge in [0.05, 0.1) is 17.7 Å². The average molecular weight is 457 g/mol. The molecule has 1 aliphatic heterocycles. The third kappa shape index (κ3) is 4.48. The van der Waals surface area contributed by atoms with E-state index >= 15 is 0 Å². The van der Waals surface area contributed by atoms with Crippen LogP contribution in [-0.4, -0.2) is 23.1 Å². The average Bonchev–Trinajstić information content (AvgIpc) is 3.15. The summed E-state index contributed by atoms with van der Waals surface area (Å²) in [6.07, 6.45) is 2.80. The van der Waals surface area contributed by atoms with Gasteiger partial charge < -0.3 is 14.6 Å². The summed E-state index contributed by atoms with van der Waals surface area (Å²) in [5.74, 6) is -0.605. The summed E-state index contributed by atoms with van der Waals surface area (Å²) >= 11 is 12.2. The first-order valence-corrected chi connectivity index (χ1v) is 11.0. The van der Waals surface area contributed by atoms with Gasteiger partial charge in [-0.05, 0) is 74.7 Å². The molecule has 1 aliphatic rings. The number of anilines is 1. The van der Waals surface area contributed by atoms with Gasteiger partial charge in [-0.1, -0.05) is 23.2 Å². The van der Waals surface area contributed by atoms with E-state index in [1.165, 1.54) is 0 Å². The molecule has 0 bridgehead atoms. The molecule has 0 fully saturated rings. The fraction of sp³-hybridized carbons (Fsp3) is 0.250. The van der Waals surface area contributed by atoms with E-state index in [0.717, 1.165) is 37.2 Å². The molecule has 0 saturated carbocycles. The molecule has 1 amide bonds. The zero-order valence-electron chi connectivity index (χ0n) is 17.1. The van der Waals surface area contributed by atoms with Crippen LogP contribution < -0.4 is 5.32 Å².